The molecule has 0 saturated heterocycles. The highest BCUT2D eigenvalue weighted by Crippen LogP contribution is 2.19. The minimum absolute atomic E-state index is 0.0843. The monoisotopic (exact) mass is 300 g/mol. The molecule has 4 nitrogen and oxygen atoms in total. The van der Waals surface area contributed by atoms with Crippen LogP contribution in [0.2, 0.25) is 0 Å². The summed E-state index contributed by atoms with van der Waals surface area (Å²) in [6.07, 6.45) is 3.49. The van der Waals surface area contributed by atoms with Crippen LogP contribution in [0.15, 0.2) is 36.0 Å². The summed E-state index contributed by atoms with van der Waals surface area (Å²) in [6.45, 7) is 8.25. The first kappa shape index (κ1) is 16.4. The topological polar surface area (TPSA) is 49.4 Å². The Morgan fingerprint density at radius 3 is 2.36 bits per heavy atom. The predicted molar refractivity (Wildman–Crippen MR) is 88.2 cm³/mol. The van der Waals surface area contributed by atoms with Crippen molar-refractivity contribution in [1.82, 2.24) is 10.2 Å². The number of benzene rings is 1. The van der Waals surface area contributed by atoms with Crippen molar-refractivity contribution in [2.45, 2.75) is 26.7 Å². The first-order valence-electron chi connectivity index (χ1n) is 8.03. The van der Waals surface area contributed by atoms with Crippen LogP contribution in [-0.2, 0) is 0 Å². The minimum Gasteiger partial charge on any atom is -0.382 e. The summed E-state index contributed by atoms with van der Waals surface area (Å²) in [4.78, 5) is 26.7. The van der Waals surface area contributed by atoms with Crippen molar-refractivity contribution in [3.05, 3.63) is 47.2 Å². The first-order valence-corrected chi connectivity index (χ1v) is 8.03. The number of carbonyl (C=O) groups is 2. The van der Waals surface area contributed by atoms with E-state index in [0.29, 0.717) is 23.4 Å². The van der Waals surface area contributed by atoms with Crippen LogP contribution >= 0.6 is 0 Å². The maximum atomic E-state index is 12.3. The third-order valence-electron chi connectivity index (χ3n) is 4.07. The van der Waals surface area contributed by atoms with Gasteiger partial charge in [0.1, 0.15) is 0 Å². The van der Waals surface area contributed by atoms with Gasteiger partial charge in [-0.15, -0.1) is 0 Å². The zero-order valence-corrected chi connectivity index (χ0v) is 13.4. The van der Waals surface area contributed by atoms with Crippen LogP contribution in [0, 0.1) is 0 Å². The Balaban J connectivity index is 1.84. The van der Waals surface area contributed by atoms with Crippen LogP contribution in [0.5, 0.6) is 0 Å². The standard InChI is InChI=1S/C18H24N2O2/c1-3-20(4-2)12-8-7-11-19-16-13-17(21)14-9-5-6-10-15(14)18(16)22/h5-6,9-10,13,19H,3-4,7-8,11-12H2,1-2H3. The molecular weight excluding hydrogens is 276 g/mol. The number of nitrogens with one attached hydrogen (secondary N) is 1. The largest absolute Gasteiger partial charge is 0.382 e. The summed E-state index contributed by atoms with van der Waals surface area (Å²) in [5.74, 6) is -0.181. The van der Waals surface area contributed by atoms with Gasteiger partial charge in [0.05, 0.1) is 5.70 Å². The van der Waals surface area contributed by atoms with Crippen LogP contribution in [0.3, 0.4) is 0 Å². The van der Waals surface area contributed by atoms with Gasteiger partial charge in [0.25, 0.3) is 0 Å². The van der Waals surface area contributed by atoms with E-state index in [9.17, 15) is 9.59 Å². The average molecular weight is 300 g/mol. The number of fused-ring (bicyclic) bond motifs is 1. The maximum Gasteiger partial charge on any atom is 0.209 e. The van der Waals surface area contributed by atoms with E-state index in [1.807, 2.05) is 0 Å². The fourth-order valence-electron chi connectivity index (χ4n) is 2.67. The number of rotatable bonds is 8. The highest BCUT2D eigenvalue weighted by Gasteiger charge is 2.24. The second-order valence-corrected chi connectivity index (χ2v) is 5.46. The summed E-state index contributed by atoms with van der Waals surface area (Å²) in [5, 5.41) is 3.12. The molecule has 0 aromatic heterocycles. The molecule has 0 unspecified atom stereocenters. The Hall–Kier alpha value is -1.94. The molecule has 0 amide bonds. The zero-order chi connectivity index (χ0) is 15.9. The molecule has 118 valence electrons. The number of ketones is 2. The van der Waals surface area contributed by atoms with E-state index >= 15 is 0 Å². The number of carbonyl (C=O) groups excluding carboxylic acids is 2. The zero-order valence-electron chi connectivity index (χ0n) is 13.4. The maximum absolute atomic E-state index is 12.3. The molecule has 0 bridgehead atoms. The van der Waals surface area contributed by atoms with Gasteiger partial charge in [0.15, 0.2) is 5.78 Å². The molecule has 0 saturated carbocycles. The average Bonchev–Trinajstić information content (AvgIpc) is 2.55. The van der Waals surface area contributed by atoms with Crippen LogP contribution in [0.1, 0.15) is 47.4 Å². The van der Waals surface area contributed by atoms with Crippen LogP contribution in [-0.4, -0.2) is 42.6 Å². The molecule has 0 spiro atoms. The summed E-state index contributed by atoms with van der Waals surface area (Å²) >= 11 is 0. The SMILES string of the molecule is CCN(CC)CCCCNC1=CC(=O)c2ccccc2C1=O. The molecule has 1 N–H and O–H groups in total. The van der Waals surface area contributed by atoms with E-state index in [4.69, 9.17) is 0 Å². The molecule has 1 aromatic carbocycles. The summed E-state index contributed by atoms with van der Waals surface area (Å²) in [6, 6.07) is 6.98. The molecule has 22 heavy (non-hydrogen) atoms. The van der Waals surface area contributed by atoms with Gasteiger partial charge >= 0.3 is 0 Å². The minimum atomic E-state index is -0.0964. The lowest BCUT2D eigenvalue weighted by Gasteiger charge is -2.18. The molecule has 1 aliphatic rings. The lowest BCUT2D eigenvalue weighted by molar-refractivity contribution is 0.0978. The summed E-state index contributed by atoms with van der Waals surface area (Å²) < 4.78 is 0. The molecule has 1 aromatic rings. The quantitative estimate of drug-likeness (QED) is 0.750. The third-order valence-corrected chi connectivity index (χ3v) is 4.07. The van der Waals surface area contributed by atoms with Gasteiger partial charge in [0, 0.05) is 23.7 Å². The number of allylic oxidation sites excluding steroid dienone is 2. The van der Waals surface area contributed by atoms with E-state index in [0.717, 1.165) is 32.5 Å². The summed E-state index contributed by atoms with van der Waals surface area (Å²) in [5.41, 5.74) is 1.42. The Morgan fingerprint density at radius 1 is 1.00 bits per heavy atom. The summed E-state index contributed by atoms with van der Waals surface area (Å²) in [7, 11) is 0. The van der Waals surface area contributed by atoms with Gasteiger partial charge in [0.2, 0.25) is 5.78 Å². The van der Waals surface area contributed by atoms with Crippen LogP contribution in [0.25, 0.3) is 0 Å². The van der Waals surface area contributed by atoms with Crippen molar-refractivity contribution in [3.8, 4) is 0 Å². The molecule has 2 rings (SSSR count). The van der Waals surface area contributed by atoms with Crippen LogP contribution < -0.4 is 5.32 Å². The van der Waals surface area contributed by atoms with Gasteiger partial charge in [-0.3, -0.25) is 9.59 Å². The van der Waals surface area contributed by atoms with Gasteiger partial charge in [-0.1, -0.05) is 38.1 Å². The Labute approximate surface area is 132 Å². The fourth-order valence-corrected chi connectivity index (χ4v) is 2.67. The van der Waals surface area contributed by atoms with Gasteiger partial charge < -0.3 is 10.2 Å². The normalized spacial score (nSPS) is 14.0. The van der Waals surface area contributed by atoms with E-state index in [-0.39, 0.29) is 11.6 Å². The lowest BCUT2D eigenvalue weighted by atomic mass is 9.93. The molecule has 0 atom stereocenters. The molecule has 0 heterocycles. The Bertz CT molecular complexity index is 574. The van der Waals surface area contributed by atoms with E-state index < -0.39 is 0 Å². The molecular formula is C18H24N2O2. The third kappa shape index (κ3) is 3.83. The Kier molecular flexibility index (Phi) is 5.90. The van der Waals surface area contributed by atoms with Gasteiger partial charge in [-0.25, -0.2) is 0 Å². The van der Waals surface area contributed by atoms with Gasteiger partial charge in [-0.2, -0.15) is 0 Å². The van der Waals surface area contributed by atoms with Crippen LogP contribution in [0.4, 0.5) is 0 Å². The number of Topliss-reactive ketones (excluding diaryl/α,β-unsaturated/α-hetero) is 1. The smallest absolute Gasteiger partial charge is 0.209 e. The Morgan fingerprint density at radius 2 is 1.68 bits per heavy atom. The van der Waals surface area contributed by atoms with Crippen molar-refractivity contribution < 1.29 is 9.59 Å². The second-order valence-electron chi connectivity index (χ2n) is 5.46. The van der Waals surface area contributed by atoms with E-state index in [1.54, 1.807) is 24.3 Å². The number of unbranched alkanes of at least 4 members (excludes halogenated alkanes) is 1. The van der Waals surface area contributed by atoms with Crippen molar-refractivity contribution in [3.63, 3.8) is 0 Å². The van der Waals surface area contributed by atoms with Crippen molar-refractivity contribution in [2.75, 3.05) is 26.2 Å². The molecule has 0 radical (unpaired) electrons. The molecule has 0 aliphatic heterocycles. The highest BCUT2D eigenvalue weighted by molar-refractivity contribution is 6.24. The number of hydrogen-bond donors (Lipinski definition) is 1. The van der Waals surface area contributed by atoms with Crippen molar-refractivity contribution in [1.29, 1.82) is 0 Å². The number of hydrogen-bond acceptors (Lipinski definition) is 4. The predicted octanol–water partition coefficient (Wildman–Crippen LogP) is 2.66. The first-order chi connectivity index (χ1) is 10.7. The highest BCUT2D eigenvalue weighted by atomic mass is 16.1. The van der Waals surface area contributed by atoms with Gasteiger partial charge in [-0.05, 0) is 32.5 Å². The van der Waals surface area contributed by atoms with E-state index in [1.165, 1.54) is 6.08 Å². The molecule has 0 fully saturated rings. The lowest BCUT2D eigenvalue weighted by Crippen LogP contribution is -2.28. The van der Waals surface area contributed by atoms with Crippen molar-refractivity contribution >= 4 is 11.6 Å². The molecule has 4 heteroatoms. The molecule has 1 aliphatic carbocycles. The van der Waals surface area contributed by atoms with Crippen molar-refractivity contribution in [2.24, 2.45) is 0 Å². The van der Waals surface area contributed by atoms with E-state index in [2.05, 4.69) is 24.1 Å². The number of nitrogens with zero attached hydrogens (tertiary/aromatic N) is 1. The fraction of sp³-hybridized carbons (Fsp3) is 0.444. The second kappa shape index (κ2) is 7.90.